The van der Waals surface area contributed by atoms with E-state index in [9.17, 15) is 14.4 Å². The van der Waals surface area contributed by atoms with Crippen molar-refractivity contribution in [3.05, 3.63) is 89.6 Å². The van der Waals surface area contributed by atoms with E-state index in [4.69, 9.17) is 9.47 Å². The maximum atomic E-state index is 13.3. The second kappa shape index (κ2) is 18.9. The second-order valence-electron chi connectivity index (χ2n) is 9.82. The van der Waals surface area contributed by atoms with Gasteiger partial charge in [-0.15, -0.1) is 0 Å². The minimum Gasteiger partial charge on any atom is -0.379 e. The summed E-state index contributed by atoms with van der Waals surface area (Å²) in [5.41, 5.74) is 4.00. The first-order valence-corrected chi connectivity index (χ1v) is 17.0. The summed E-state index contributed by atoms with van der Waals surface area (Å²) < 4.78 is 11.0. The highest BCUT2D eigenvalue weighted by Crippen LogP contribution is 2.30. The normalized spacial score (nSPS) is 12.8. The Kier molecular flexibility index (Phi) is 14.3. The lowest BCUT2D eigenvalue weighted by Gasteiger charge is -2.27. The van der Waals surface area contributed by atoms with E-state index in [0.29, 0.717) is 45.1 Å². The van der Waals surface area contributed by atoms with Crippen LogP contribution in [-0.4, -0.2) is 68.0 Å². The molecular weight excluding hydrogens is 597 g/mol. The van der Waals surface area contributed by atoms with Crippen LogP contribution in [0.2, 0.25) is 0 Å². The molecule has 0 aliphatic carbocycles. The molecule has 0 bridgehead atoms. The molecule has 1 aromatic heterocycles. The van der Waals surface area contributed by atoms with Gasteiger partial charge in [0.1, 0.15) is 5.03 Å². The van der Waals surface area contributed by atoms with E-state index in [1.165, 1.54) is 0 Å². The average Bonchev–Trinajstić information content (AvgIpc) is 3.04. The third-order valence-electron chi connectivity index (χ3n) is 6.62. The number of para-hydroxylation sites is 1. The van der Waals surface area contributed by atoms with Gasteiger partial charge < -0.3 is 25.0 Å². The summed E-state index contributed by atoms with van der Waals surface area (Å²) in [6, 6.07) is 21.6. The van der Waals surface area contributed by atoms with Gasteiger partial charge in [0.05, 0.1) is 38.7 Å². The van der Waals surface area contributed by atoms with Crippen LogP contribution in [0, 0.1) is 0 Å². The summed E-state index contributed by atoms with van der Waals surface area (Å²) in [7, 11) is 3.16. The van der Waals surface area contributed by atoms with Crippen molar-refractivity contribution in [2.75, 3.05) is 50.2 Å². The third-order valence-corrected chi connectivity index (χ3v) is 8.89. The van der Waals surface area contributed by atoms with E-state index in [1.807, 2.05) is 72.8 Å². The molecule has 2 N–H and O–H groups in total. The van der Waals surface area contributed by atoms with Gasteiger partial charge >= 0.3 is 0 Å². The van der Waals surface area contributed by atoms with Crippen LogP contribution in [0.5, 0.6) is 0 Å². The quantitative estimate of drug-likeness (QED) is 0.158. The molecule has 0 unspecified atom stereocenters. The largest absolute Gasteiger partial charge is 0.379 e. The summed E-state index contributed by atoms with van der Waals surface area (Å²) in [6.07, 6.45) is 6.69. The highest BCUT2D eigenvalue weighted by molar-refractivity contribution is 8.76. The van der Waals surface area contributed by atoms with Crippen LogP contribution in [0.25, 0.3) is 12.2 Å². The SMILES string of the molecule is O=C(CCOCCOCCNC(=O)CCSSc1ccccn1)NCCC(=O)N1Cc2ccccc2/C=C\c2ccccc21. The molecule has 2 heterocycles. The lowest BCUT2D eigenvalue weighted by Crippen LogP contribution is -2.35. The highest BCUT2D eigenvalue weighted by Gasteiger charge is 2.20. The van der Waals surface area contributed by atoms with E-state index in [2.05, 4.69) is 21.7 Å². The monoisotopic (exact) mass is 634 g/mol. The Morgan fingerprint density at radius 3 is 2.30 bits per heavy atom. The van der Waals surface area contributed by atoms with Crippen molar-refractivity contribution >= 4 is 57.1 Å². The van der Waals surface area contributed by atoms with E-state index >= 15 is 0 Å². The molecule has 11 heteroatoms. The highest BCUT2D eigenvalue weighted by atomic mass is 33.1. The Bertz CT molecular complexity index is 1390. The van der Waals surface area contributed by atoms with E-state index in [0.717, 1.165) is 27.4 Å². The van der Waals surface area contributed by atoms with Crippen LogP contribution in [0.4, 0.5) is 5.69 Å². The predicted molar refractivity (Wildman–Crippen MR) is 177 cm³/mol. The molecule has 0 atom stereocenters. The maximum Gasteiger partial charge on any atom is 0.229 e. The fourth-order valence-electron chi connectivity index (χ4n) is 4.38. The Morgan fingerprint density at radius 2 is 1.45 bits per heavy atom. The van der Waals surface area contributed by atoms with Gasteiger partial charge in [-0.3, -0.25) is 14.4 Å². The smallest absolute Gasteiger partial charge is 0.229 e. The van der Waals surface area contributed by atoms with Crippen LogP contribution in [0.3, 0.4) is 0 Å². The average molecular weight is 635 g/mol. The number of pyridine rings is 1. The van der Waals surface area contributed by atoms with Crippen molar-refractivity contribution in [1.29, 1.82) is 0 Å². The fraction of sp³-hybridized carbons (Fsp3) is 0.333. The van der Waals surface area contributed by atoms with Crippen LogP contribution < -0.4 is 15.5 Å². The number of carbonyl (C=O) groups excluding carboxylic acids is 3. The number of anilines is 1. The molecule has 3 aromatic rings. The lowest BCUT2D eigenvalue weighted by molar-refractivity contribution is -0.123. The van der Waals surface area contributed by atoms with E-state index in [-0.39, 0.29) is 43.7 Å². The summed E-state index contributed by atoms with van der Waals surface area (Å²) >= 11 is 0. The predicted octanol–water partition coefficient (Wildman–Crippen LogP) is 4.98. The topological polar surface area (TPSA) is 110 Å². The molecule has 0 spiro atoms. The first kappa shape index (κ1) is 33.3. The van der Waals surface area contributed by atoms with E-state index in [1.54, 1.807) is 32.7 Å². The molecule has 0 saturated heterocycles. The zero-order valence-corrected chi connectivity index (χ0v) is 26.2. The second-order valence-corrected chi connectivity index (χ2v) is 12.3. The summed E-state index contributed by atoms with van der Waals surface area (Å²) in [6.45, 7) is 2.54. The van der Waals surface area contributed by atoms with Crippen LogP contribution in [0.15, 0.2) is 78.0 Å². The number of carbonyl (C=O) groups is 3. The molecule has 44 heavy (non-hydrogen) atoms. The number of nitrogens with one attached hydrogen (secondary N) is 2. The Labute approximate surface area is 266 Å². The first-order valence-electron chi connectivity index (χ1n) is 14.6. The van der Waals surface area contributed by atoms with Crippen molar-refractivity contribution in [3.8, 4) is 0 Å². The summed E-state index contributed by atoms with van der Waals surface area (Å²) in [5.74, 6) is 0.469. The van der Waals surface area contributed by atoms with Gasteiger partial charge in [0.2, 0.25) is 17.7 Å². The van der Waals surface area contributed by atoms with Crippen molar-refractivity contribution in [3.63, 3.8) is 0 Å². The number of amides is 3. The lowest BCUT2D eigenvalue weighted by atomic mass is 10.0. The molecule has 2 aromatic carbocycles. The van der Waals surface area contributed by atoms with Crippen molar-refractivity contribution in [2.45, 2.75) is 30.8 Å². The van der Waals surface area contributed by atoms with Crippen molar-refractivity contribution in [2.24, 2.45) is 0 Å². The number of benzene rings is 2. The van der Waals surface area contributed by atoms with Gasteiger partial charge in [0.25, 0.3) is 0 Å². The van der Waals surface area contributed by atoms with Crippen LogP contribution in [-0.2, 0) is 30.4 Å². The number of hydrogen-bond acceptors (Lipinski definition) is 8. The zero-order valence-electron chi connectivity index (χ0n) is 24.6. The molecule has 0 radical (unpaired) electrons. The summed E-state index contributed by atoms with van der Waals surface area (Å²) in [4.78, 5) is 43.5. The van der Waals surface area contributed by atoms with Crippen molar-refractivity contribution in [1.82, 2.24) is 15.6 Å². The molecule has 9 nitrogen and oxygen atoms in total. The number of ether oxygens (including phenoxy) is 2. The molecule has 232 valence electrons. The minimum absolute atomic E-state index is 0.0131. The molecule has 0 fully saturated rings. The minimum atomic E-state index is -0.167. The Hall–Kier alpha value is -3.64. The van der Waals surface area contributed by atoms with Gasteiger partial charge in [-0.25, -0.2) is 4.98 Å². The van der Waals surface area contributed by atoms with Crippen LogP contribution >= 0.6 is 21.6 Å². The number of nitrogens with zero attached hydrogens (tertiary/aromatic N) is 2. The van der Waals surface area contributed by atoms with Crippen molar-refractivity contribution < 1.29 is 23.9 Å². The van der Waals surface area contributed by atoms with Crippen LogP contribution in [0.1, 0.15) is 36.0 Å². The van der Waals surface area contributed by atoms with E-state index < -0.39 is 0 Å². The number of fused-ring (bicyclic) bond motifs is 2. The molecule has 4 rings (SSSR count). The molecule has 0 saturated carbocycles. The maximum absolute atomic E-state index is 13.3. The van der Waals surface area contributed by atoms with Gasteiger partial charge in [-0.05, 0) is 45.7 Å². The molecule has 3 amide bonds. The number of rotatable bonds is 17. The molecular formula is C33H38N4O5S2. The van der Waals surface area contributed by atoms with Gasteiger partial charge in [0.15, 0.2) is 0 Å². The van der Waals surface area contributed by atoms with Gasteiger partial charge in [-0.1, -0.05) is 71.5 Å². The number of aromatic nitrogens is 1. The Balaban J connectivity index is 1.02. The standard InChI is InChI=1S/C33H38N4O5S2/c38-30(15-20-41-22-23-42-21-19-35-31(39)16-24-43-44-32-11-5-6-17-36-32)34-18-14-33(40)37-25-28-9-2-1-7-26(28)12-13-27-8-3-4-10-29(27)37/h1-13,17H,14-16,18-25H2,(H,34,38)(H,35,39)/b13-12-. The number of hydrogen-bond donors (Lipinski definition) is 2. The van der Waals surface area contributed by atoms with Gasteiger partial charge in [-0.2, -0.15) is 0 Å². The summed E-state index contributed by atoms with van der Waals surface area (Å²) in [5, 5.41) is 6.59. The fourth-order valence-corrected chi connectivity index (χ4v) is 6.24. The molecule has 1 aliphatic heterocycles. The third kappa shape index (κ3) is 11.5. The van der Waals surface area contributed by atoms with Gasteiger partial charge in [0, 0.05) is 44.3 Å². The molecule has 1 aliphatic rings. The zero-order chi connectivity index (χ0) is 30.8. The Morgan fingerprint density at radius 1 is 0.750 bits per heavy atom. The first-order chi connectivity index (χ1) is 21.6.